The number of pyridine rings is 1. The standard InChI is InChI=1S/C18H16N4O2S/c1-10-15-12(5-2-6-14(15)23)20-16(10)17(24)22-18-21-13(9-25-18)11-4-3-7-19-8-11/h3-4,7-9,20H,2,5-6H2,1H3,(H,21,22,24). The summed E-state index contributed by atoms with van der Waals surface area (Å²) in [5.74, 6) is -0.158. The molecule has 1 aliphatic carbocycles. The van der Waals surface area contributed by atoms with Crippen LogP contribution in [0.15, 0.2) is 29.9 Å². The van der Waals surface area contributed by atoms with E-state index in [1.807, 2.05) is 24.4 Å². The quantitative estimate of drug-likeness (QED) is 0.754. The number of hydrogen-bond donors (Lipinski definition) is 2. The molecule has 3 heterocycles. The van der Waals surface area contributed by atoms with Crippen LogP contribution in [-0.2, 0) is 6.42 Å². The molecular weight excluding hydrogens is 336 g/mol. The van der Waals surface area contributed by atoms with Gasteiger partial charge in [-0.3, -0.25) is 19.9 Å². The van der Waals surface area contributed by atoms with Gasteiger partial charge in [0.2, 0.25) is 0 Å². The molecule has 0 aliphatic heterocycles. The number of amides is 1. The summed E-state index contributed by atoms with van der Waals surface area (Å²) in [5.41, 5.74) is 4.39. The highest BCUT2D eigenvalue weighted by molar-refractivity contribution is 7.14. The van der Waals surface area contributed by atoms with E-state index >= 15 is 0 Å². The number of hydrogen-bond acceptors (Lipinski definition) is 5. The number of rotatable bonds is 3. The lowest BCUT2D eigenvalue weighted by Gasteiger charge is -2.09. The van der Waals surface area contributed by atoms with E-state index in [1.165, 1.54) is 11.3 Å². The van der Waals surface area contributed by atoms with E-state index in [-0.39, 0.29) is 11.7 Å². The molecule has 126 valence electrons. The van der Waals surface area contributed by atoms with Crippen LogP contribution < -0.4 is 5.32 Å². The Bertz CT molecular complexity index is 959. The number of carbonyl (C=O) groups excluding carboxylic acids is 2. The number of nitrogens with zero attached hydrogens (tertiary/aromatic N) is 2. The minimum Gasteiger partial charge on any atom is -0.354 e. The molecule has 0 unspecified atom stereocenters. The van der Waals surface area contributed by atoms with Gasteiger partial charge in [0.25, 0.3) is 5.91 Å². The highest BCUT2D eigenvalue weighted by atomic mass is 32.1. The van der Waals surface area contributed by atoms with Crippen LogP contribution in [0, 0.1) is 6.92 Å². The average molecular weight is 352 g/mol. The molecule has 0 saturated carbocycles. The average Bonchev–Trinajstić information content (AvgIpc) is 3.21. The molecule has 7 heteroatoms. The van der Waals surface area contributed by atoms with Crippen molar-refractivity contribution in [2.75, 3.05) is 5.32 Å². The number of aromatic nitrogens is 3. The van der Waals surface area contributed by atoms with Gasteiger partial charge in [-0.15, -0.1) is 11.3 Å². The zero-order valence-corrected chi connectivity index (χ0v) is 14.4. The van der Waals surface area contributed by atoms with Crippen molar-refractivity contribution in [2.45, 2.75) is 26.2 Å². The lowest BCUT2D eigenvalue weighted by atomic mass is 9.94. The van der Waals surface area contributed by atoms with Crippen molar-refractivity contribution in [3.05, 3.63) is 52.4 Å². The zero-order valence-electron chi connectivity index (χ0n) is 13.6. The van der Waals surface area contributed by atoms with Crippen LogP contribution in [-0.4, -0.2) is 26.6 Å². The van der Waals surface area contributed by atoms with Gasteiger partial charge in [0, 0.05) is 41.0 Å². The molecule has 1 aliphatic rings. The number of aromatic amines is 1. The summed E-state index contributed by atoms with van der Waals surface area (Å²) < 4.78 is 0. The third-order valence-corrected chi connectivity index (χ3v) is 5.10. The maximum absolute atomic E-state index is 12.6. The molecule has 25 heavy (non-hydrogen) atoms. The Labute approximate surface area is 148 Å². The van der Waals surface area contributed by atoms with Crippen molar-refractivity contribution < 1.29 is 9.59 Å². The summed E-state index contributed by atoms with van der Waals surface area (Å²) in [4.78, 5) is 36.3. The maximum atomic E-state index is 12.6. The van der Waals surface area contributed by atoms with Crippen LogP contribution >= 0.6 is 11.3 Å². The molecule has 6 nitrogen and oxygen atoms in total. The Balaban J connectivity index is 1.57. The predicted octanol–water partition coefficient (Wildman–Crippen LogP) is 3.61. The highest BCUT2D eigenvalue weighted by Crippen LogP contribution is 2.28. The van der Waals surface area contributed by atoms with Crippen LogP contribution in [0.2, 0.25) is 0 Å². The molecule has 0 fully saturated rings. The number of H-pyrrole nitrogens is 1. The molecule has 4 rings (SSSR count). The van der Waals surface area contributed by atoms with Crippen molar-refractivity contribution >= 4 is 28.2 Å². The van der Waals surface area contributed by atoms with Gasteiger partial charge in [-0.2, -0.15) is 0 Å². The van der Waals surface area contributed by atoms with Gasteiger partial charge in [-0.25, -0.2) is 4.98 Å². The van der Waals surface area contributed by atoms with E-state index in [0.717, 1.165) is 35.4 Å². The van der Waals surface area contributed by atoms with E-state index in [4.69, 9.17) is 0 Å². The smallest absolute Gasteiger partial charge is 0.274 e. The van der Waals surface area contributed by atoms with E-state index < -0.39 is 0 Å². The molecular formula is C18H16N4O2S. The molecule has 0 spiro atoms. The fourth-order valence-electron chi connectivity index (χ4n) is 3.14. The third kappa shape index (κ3) is 2.87. The van der Waals surface area contributed by atoms with Crippen LogP contribution in [0.3, 0.4) is 0 Å². The van der Waals surface area contributed by atoms with Gasteiger partial charge >= 0.3 is 0 Å². The number of fused-ring (bicyclic) bond motifs is 1. The van der Waals surface area contributed by atoms with Crippen molar-refractivity contribution in [2.24, 2.45) is 0 Å². The molecule has 0 saturated heterocycles. The fourth-order valence-corrected chi connectivity index (χ4v) is 3.85. The lowest BCUT2D eigenvalue weighted by Crippen LogP contribution is -2.13. The van der Waals surface area contributed by atoms with E-state index in [0.29, 0.717) is 22.8 Å². The second-order valence-corrected chi connectivity index (χ2v) is 6.85. The highest BCUT2D eigenvalue weighted by Gasteiger charge is 2.26. The van der Waals surface area contributed by atoms with Gasteiger partial charge in [0.15, 0.2) is 10.9 Å². The molecule has 3 aromatic rings. The van der Waals surface area contributed by atoms with Gasteiger partial charge in [-0.05, 0) is 37.5 Å². The number of nitrogens with one attached hydrogen (secondary N) is 2. The van der Waals surface area contributed by atoms with Gasteiger partial charge in [0.1, 0.15) is 5.69 Å². The summed E-state index contributed by atoms with van der Waals surface area (Å²) in [5, 5.41) is 5.21. The van der Waals surface area contributed by atoms with Crippen molar-refractivity contribution in [1.82, 2.24) is 15.0 Å². The van der Waals surface area contributed by atoms with Crippen LogP contribution in [0.5, 0.6) is 0 Å². The molecule has 0 bridgehead atoms. The van der Waals surface area contributed by atoms with Crippen LogP contribution in [0.25, 0.3) is 11.3 Å². The molecule has 0 atom stereocenters. The monoisotopic (exact) mass is 352 g/mol. The largest absolute Gasteiger partial charge is 0.354 e. The first-order valence-electron chi connectivity index (χ1n) is 8.05. The van der Waals surface area contributed by atoms with E-state index in [1.54, 1.807) is 12.4 Å². The first kappa shape index (κ1) is 15.7. The summed E-state index contributed by atoms with van der Waals surface area (Å²) in [6.45, 7) is 1.82. The number of anilines is 1. The first-order chi connectivity index (χ1) is 12.1. The fraction of sp³-hybridized carbons (Fsp3) is 0.222. The molecule has 0 aromatic carbocycles. The minimum absolute atomic E-state index is 0.113. The second-order valence-electron chi connectivity index (χ2n) is 5.99. The molecule has 1 amide bonds. The number of Topliss-reactive ketones (excluding diaryl/α,β-unsaturated/α-hetero) is 1. The zero-order chi connectivity index (χ0) is 17.4. The Hall–Kier alpha value is -2.80. The van der Waals surface area contributed by atoms with Crippen LogP contribution in [0.1, 0.15) is 44.9 Å². The van der Waals surface area contributed by atoms with Crippen LogP contribution in [0.4, 0.5) is 5.13 Å². The van der Waals surface area contributed by atoms with Gasteiger partial charge in [-0.1, -0.05) is 0 Å². The normalized spacial score (nSPS) is 13.6. The second kappa shape index (κ2) is 6.25. The summed E-state index contributed by atoms with van der Waals surface area (Å²) >= 11 is 1.36. The molecule has 3 aromatic heterocycles. The molecule has 0 radical (unpaired) electrons. The first-order valence-corrected chi connectivity index (χ1v) is 8.93. The summed E-state index contributed by atoms with van der Waals surface area (Å²) in [7, 11) is 0. The predicted molar refractivity (Wildman–Crippen MR) is 96.1 cm³/mol. The minimum atomic E-state index is -0.271. The number of ketones is 1. The summed E-state index contributed by atoms with van der Waals surface area (Å²) in [6.07, 6.45) is 5.62. The van der Waals surface area contributed by atoms with E-state index in [2.05, 4.69) is 20.3 Å². The van der Waals surface area contributed by atoms with Gasteiger partial charge < -0.3 is 4.98 Å². The molecule has 2 N–H and O–H groups in total. The summed E-state index contributed by atoms with van der Waals surface area (Å²) in [6, 6.07) is 3.76. The third-order valence-electron chi connectivity index (χ3n) is 4.35. The maximum Gasteiger partial charge on any atom is 0.274 e. The topological polar surface area (TPSA) is 87.7 Å². The van der Waals surface area contributed by atoms with Gasteiger partial charge in [0.05, 0.1) is 5.69 Å². The Morgan fingerprint density at radius 2 is 2.24 bits per heavy atom. The Kier molecular flexibility index (Phi) is 3.93. The Morgan fingerprint density at radius 1 is 1.36 bits per heavy atom. The SMILES string of the molecule is Cc1c(C(=O)Nc2nc(-c3cccnc3)cs2)[nH]c2c1C(=O)CCC2. The van der Waals surface area contributed by atoms with Crippen molar-refractivity contribution in [3.8, 4) is 11.3 Å². The van der Waals surface area contributed by atoms with E-state index in [9.17, 15) is 9.59 Å². The lowest BCUT2D eigenvalue weighted by molar-refractivity contribution is 0.0971. The number of aryl methyl sites for hydroxylation is 1. The van der Waals surface area contributed by atoms with Crippen molar-refractivity contribution in [1.29, 1.82) is 0 Å². The Morgan fingerprint density at radius 3 is 3.00 bits per heavy atom. The number of carbonyl (C=O) groups is 2. The number of thiazole rings is 1. The van der Waals surface area contributed by atoms with Crippen molar-refractivity contribution in [3.63, 3.8) is 0 Å².